The Morgan fingerprint density at radius 2 is 0.846 bits per heavy atom. The van der Waals surface area contributed by atoms with E-state index in [1.807, 2.05) is 0 Å². The molecule has 0 amide bonds. The second kappa shape index (κ2) is 10.6. The first-order valence-electron chi connectivity index (χ1n) is 2.86. The van der Waals surface area contributed by atoms with Gasteiger partial charge in [-0.25, -0.2) is 0 Å². The summed E-state index contributed by atoms with van der Waals surface area (Å²) in [6.07, 6.45) is 0. The van der Waals surface area contributed by atoms with Gasteiger partial charge in [0, 0.05) is 34.2 Å². The molecule has 0 saturated carbocycles. The van der Waals surface area contributed by atoms with Crippen LogP contribution in [-0.2, 0) is 21.1 Å². The Morgan fingerprint density at radius 3 is 0.846 bits per heavy atom. The average Bonchev–Trinajstić information content (AvgIpc) is 1.86. The van der Waals surface area contributed by atoms with Crippen molar-refractivity contribution in [1.29, 1.82) is 0 Å². The van der Waals surface area contributed by atoms with Crippen LogP contribution in [0.5, 0.6) is 0 Å². The minimum Gasteiger partial charge on any atom is -0.327 e. The van der Waals surface area contributed by atoms with Crippen molar-refractivity contribution in [3.63, 3.8) is 0 Å². The Labute approximate surface area is 148 Å². The van der Waals surface area contributed by atoms with Gasteiger partial charge >= 0.3 is 0 Å². The monoisotopic (exact) mass is 819 g/mol. The molecule has 0 aliphatic heterocycles. The fraction of sp³-hybridized carbons (Fsp3) is 1.00. The van der Waals surface area contributed by atoms with E-state index in [9.17, 15) is 0 Å². The summed E-state index contributed by atoms with van der Waals surface area (Å²) in [7, 11) is 0. The Bertz CT molecular complexity index is 97.7. The first kappa shape index (κ1) is 21.7. The van der Waals surface area contributed by atoms with Crippen LogP contribution in [0.2, 0.25) is 0 Å². The third-order valence-electron chi connectivity index (χ3n) is 0.544. The van der Waals surface area contributed by atoms with Crippen molar-refractivity contribution >= 4 is 90.4 Å². The summed E-state index contributed by atoms with van der Waals surface area (Å²) >= 11 is 8.32. The molecular formula is C4H12I4N4Pt. The van der Waals surface area contributed by atoms with Crippen molar-refractivity contribution in [2.24, 2.45) is 22.9 Å². The summed E-state index contributed by atoms with van der Waals surface area (Å²) in [6.45, 7) is 1.04. The molecule has 0 aliphatic carbocycles. The van der Waals surface area contributed by atoms with Gasteiger partial charge in [0.1, 0.15) is 3.10 Å². The summed E-state index contributed by atoms with van der Waals surface area (Å²) in [6, 6.07) is 0. The SMILES string of the molecule is NCC(N)(I)I.NCC(N)(I)I.[Pt]. The number of hydrogen-bond donors (Lipinski definition) is 4. The van der Waals surface area contributed by atoms with Gasteiger partial charge in [0.2, 0.25) is 0 Å². The van der Waals surface area contributed by atoms with Crippen LogP contribution < -0.4 is 22.9 Å². The van der Waals surface area contributed by atoms with Crippen LogP contribution in [0.25, 0.3) is 0 Å². The van der Waals surface area contributed by atoms with Gasteiger partial charge < -0.3 is 22.9 Å². The molecule has 0 spiro atoms. The van der Waals surface area contributed by atoms with Crippen LogP contribution in [0.3, 0.4) is 0 Å². The Kier molecular flexibility index (Phi) is 17.7. The quantitative estimate of drug-likeness (QED) is 0.189. The van der Waals surface area contributed by atoms with E-state index < -0.39 is 0 Å². The molecular weight excluding hydrogens is 807 g/mol. The molecule has 0 fully saturated rings. The molecule has 9 heteroatoms. The maximum atomic E-state index is 5.38. The molecule has 0 radical (unpaired) electrons. The number of nitrogens with two attached hydrogens (primary N) is 4. The van der Waals surface area contributed by atoms with E-state index in [1.54, 1.807) is 0 Å². The van der Waals surface area contributed by atoms with Crippen molar-refractivity contribution in [2.75, 3.05) is 13.1 Å². The smallest absolute Gasteiger partial charge is 0.132 e. The molecule has 0 bridgehead atoms. The number of alkyl halides is 4. The molecule has 86 valence electrons. The Hall–Kier alpha value is 3.45. The number of hydrogen-bond acceptors (Lipinski definition) is 4. The van der Waals surface area contributed by atoms with Crippen LogP contribution in [0, 0.1) is 0 Å². The van der Waals surface area contributed by atoms with E-state index in [0.717, 1.165) is 0 Å². The van der Waals surface area contributed by atoms with Gasteiger partial charge in [-0.1, -0.05) is 0 Å². The topological polar surface area (TPSA) is 104 Å². The summed E-state index contributed by atoms with van der Waals surface area (Å²) in [5, 5.41) is 0. The van der Waals surface area contributed by atoms with Crippen molar-refractivity contribution in [2.45, 2.75) is 3.10 Å². The Balaban J connectivity index is -0.000000143. The fourth-order valence-corrected chi connectivity index (χ4v) is 0. The van der Waals surface area contributed by atoms with Crippen LogP contribution in [0.1, 0.15) is 0 Å². The van der Waals surface area contributed by atoms with E-state index in [0.29, 0.717) is 13.1 Å². The third kappa shape index (κ3) is 31.3. The minimum absolute atomic E-state index is 0. The molecule has 0 heterocycles. The molecule has 0 aromatic heterocycles. The second-order valence-corrected chi connectivity index (χ2v) is 13.8. The standard InChI is InChI=1S/2C2H6I2N2.Pt/c2*3-2(4,6)1-5;/h2*1,5-6H2;. The second-order valence-electron chi connectivity index (χ2n) is 1.93. The molecule has 4 nitrogen and oxygen atoms in total. The maximum Gasteiger partial charge on any atom is 0.132 e. The van der Waals surface area contributed by atoms with Crippen molar-refractivity contribution < 1.29 is 21.1 Å². The van der Waals surface area contributed by atoms with Gasteiger partial charge in [-0.2, -0.15) is 0 Å². The molecule has 0 aliphatic rings. The molecule has 0 saturated heterocycles. The summed E-state index contributed by atoms with van der Waals surface area (Å²) < 4.78 is -0.481. The molecule has 0 atom stereocenters. The first-order chi connectivity index (χ1) is 5.12. The van der Waals surface area contributed by atoms with E-state index in [4.69, 9.17) is 22.9 Å². The molecule has 13 heavy (non-hydrogen) atoms. The van der Waals surface area contributed by atoms with Crippen LogP contribution >= 0.6 is 90.4 Å². The van der Waals surface area contributed by atoms with Gasteiger partial charge in [-0.3, -0.25) is 0 Å². The molecule has 0 aromatic carbocycles. The van der Waals surface area contributed by atoms with Gasteiger partial charge in [0.15, 0.2) is 0 Å². The summed E-state index contributed by atoms with van der Waals surface area (Å²) in [5.41, 5.74) is 21.1. The van der Waals surface area contributed by atoms with E-state index in [-0.39, 0.29) is 24.2 Å². The van der Waals surface area contributed by atoms with Gasteiger partial charge in [0.25, 0.3) is 0 Å². The summed E-state index contributed by atoms with van der Waals surface area (Å²) in [4.78, 5) is 0. The summed E-state index contributed by atoms with van der Waals surface area (Å²) in [5.74, 6) is 0. The zero-order valence-corrected chi connectivity index (χ0v) is 17.5. The van der Waals surface area contributed by atoms with E-state index >= 15 is 0 Å². The molecule has 0 unspecified atom stereocenters. The largest absolute Gasteiger partial charge is 0.327 e. The normalized spacial score (nSPS) is 11.1. The van der Waals surface area contributed by atoms with Crippen LogP contribution in [-0.4, -0.2) is 16.2 Å². The van der Waals surface area contributed by atoms with Gasteiger partial charge in [-0.05, 0) is 90.4 Å². The molecule has 0 rings (SSSR count). The van der Waals surface area contributed by atoms with Crippen LogP contribution in [0.4, 0.5) is 0 Å². The van der Waals surface area contributed by atoms with Gasteiger partial charge in [-0.15, -0.1) is 0 Å². The minimum atomic E-state index is -0.241. The number of halogens is 4. The Morgan fingerprint density at radius 1 is 0.769 bits per heavy atom. The van der Waals surface area contributed by atoms with Gasteiger partial charge in [0.05, 0.1) is 0 Å². The average molecular weight is 819 g/mol. The van der Waals surface area contributed by atoms with Crippen molar-refractivity contribution in [3.8, 4) is 0 Å². The predicted molar refractivity (Wildman–Crippen MR) is 88.0 cm³/mol. The van der Waals surface area contributed by atoms with Crippen molar-refractivity contribution in [3.05, 3.63) is 0 Å². The predicted octanol–water partition coefficient (Wildman–Crippen LogP) is 0.853. The first-order valence-corrected chi connectivity index (χ1v) is 7.17. The maximum absolute atomic E-state index is 5.38. The van der Waals surface area contributed by atoms with E-state index in [1.165, 1.54) is 0 Å². The molecule has 8 N–H and O–H groups in total. The van der Waals surface area contributed by atoms with Crippen LogP contribution in [0.15, 0.2) is 0 Å². The number of rotatable bonds is 2. The zero-order chi connectivity index (χ0) is 10.4. The third-order valence-corrected chi connectivity index (χ3v) is 2.31. The molecule has 0 aromatic rings. The fourth-order valence-electron chi connectivity index (χ4n) is 0. The van der Waals surface area contributed by atoms with Crippen molar-refractivity contribution in [1.82, 2.24) is 0 Å². The zero-order valence-electron chi connectivity index (χ0n) is 6.55. The van der Waals surface area contributed by atoms with E-state index in [2.05, 4.69) is 90.4 Å².